The molecule has 1 saturated heterocycles. The minimum absolute atomic E-state index is 0.0881. The number of aliphatic hydroxyl groups excluding tert-OH is 1. The van der Waals surface area contributed by atoms with Crippen LogP contribution in [0.25, 0.3) is 0 Å². The molecular weight excluding hydrogens is 154 g/mol. The summed E-state index contributed by atoms with van der Waals surface area (Å²) in [6.45, 7) is 0. The van der Waals surface area contributed by atoms with Crippen LogP contribution in [-0.2, 0) is 9.53 Å². The average Bonchev–Trinajstić information content (AvgIpc) is 2.13. The number of carbonyl (C=O) groups is 1. The Bertz CT molecular complexity index is 199. The molecule has 1 aliphatic rings. The molecule has 0 amide bonds. The third kappa shape index (κ3) is 1.39. The van der Waals surface area contributed by atoms with Crippen LogP contribution in [0.2, 0.25) is 0 Å². The Balaban J connectivity index is 2.62. The molecule has 0 saturated carbocycles. The van der Waals surface area contributed by atoms with Crippen LogP contribution in [0.3, 0.4) is 0 Å². The lowest BCUT2D eigenvalue weighted by Gasteiger charge is -2.02. The Morgan fingerprint density at radius 3 is 3.00 bits per heavy atom. The maximum absolute atomic E-state index is 10.4. The second kappa shape index (κ2) is 2.88. The lowest BCUT2D eigenvalue weighted by Crippen LogP contribution is -2.17. The second-order valence-corrected chi connectivity index (χ2v) is 2.05. The highest BCUT2D eigenvalue weighted by Gasteiger charge is 2.32. The molecule has 54 valence electrons. The molecule has 1 aliphatic heterocycles. The summed E-state index contributed by atoms with van der Waals surface area (Å²) in [5.41, 5.74) is 0. The number of rotatable bonds is 1. The summed E-state index contributed by atoms with van der Waals surface area (Å²) in [5.74, 6) is -0.452. The number of esters is 1. The minimum Gasteiger partial charge on any atom is -0.433 e. The number of cyclic esters (lactones) is 1. The van der Waals surface area contributed by atoms with Gasteiger partial charge in [0.1, 0.15) is 6.04 Å². The van der Waals surface area contributed by atoms with Gasteiger partial charge in [-0.15, -0.1) is 0 Å². The fourth-order valence-electron chi connectivity index (χ4n) is 0.710. The summed E-state index contributed by atoms with van der Waals surface area (Å²) < 4.78 is 4.36. The highest BCUT2D eigenvalue weighted by molar-refractivity contribution is 7.78. The summed E-state index contributed by atoms with van der Waals surface area (Å²) in [6.07, 6.45) is -1.05. The van der Waals surface area contributed by atoms with E-state index in [-0.39, 0.29) is 6.42 Å². The van der Waals surface area contributed by atoms with Crippen molar-refractivity contribution < 1.29 is 14.6 Å². The van der Waals surface area contributed by atoms with Gasteiger partial charge in [0.05, 0.1) is 11.6 Å². The molecule has 0 bridgehead atoms. The summed E-state index contributed by atoms with van der Waals surface area (Å²) in [5, 5.41) is 10.9. The van der Waals surface area contributed by atoms with Crippen LogP contribution in [-0.4, -0.2) is 28.6 Å². The molecule has 1 heterocycles. The zero-order chi connectivity index (χ0) is 7.56. The number of aliphatic hydroxyl groups is 1. The third-order valence-electron chi connectivity index (χ3n) is 1.18. The molecule has 0 aromatic heterocycles. The minimum atomic E-state index is -1.14. The molecule has 5 heteroatoms. The van der Waals surface area contributed by atoms with Crippen molar-refractivity contribution in [1.82, 2.24) is 0 Å². The SMILES string of the molecule is O=C1CC(N=C=S)C(O)O1. The number of aliphatic imine (C=N–C) groups is 1. The highest BCUT2D eigenvalue weighted by Crippen LogP contribution is 2.14. The number of nitrogens with zero attached hydrogens (tertiary/aromatic N) is 1. The maximum atomic E-state index is 10.4. The van der Waals surface area contributed by atoms with Crippen molar-refractivity contribution >= 4 is 23.3 Å². The van der Waals surface area contributed by atoms with Crippen LogP contribution >= 0.6 is 12.2 Å². The van der Waals surface area contributed by atoms with E-state index in [1.165, 1.54) is 0 Å². The predicted octanol–water partition coefficient (Wildman–Crippen LogP) is -0.277. The van der Waals surface area contributed by atoms with Crippen LogP contribution in [0.15, 0.2) is 4.99 Å². The second-order valence-electron chi connectivity index (χ2n) is 1.87. The van der Waals surface area contributed by atoms with Crippen molar-refractivity contribution in [2.45, 2.75) is 18.8 Å². The molecule has 0 aromatic rings. The van der Waals surface area contributed by atoms with E-state index in [1.807, 2.05) is 0 Å². The Hall–Kier alpha value is -0.770. The predicted molar refractivity (Wildman–Crippen MR) is 35.5 cm³/mol. The lowest BCUT2D eigenvalue weighted by atomic mass is 10.2. The molecule has 10 heavy (non-hydrogen) atoms. The zero-order valence-corrected chi connectivity index (χ0v) is 5.80. The molecule has 0 spiro atoms. The van der Waals surface area contributed by atoms with E-state index in [1.54, 1.807) is 0 Å². The maximum Gasteiger partial charge on any atom is 0.310 e. The summed E-state index contributed by atoms with van der Waals surface area (Å²) in [4.78, 5) is 14.0. The molecular formula is C5H5NO3S. The number of hydrogen-bond acceptors (Lipinski definition) is 5. The molecule has 0 radical (unpaired) electrons. The van der Waals surface area contributed by atoms with Gasteiger partial charge in [-0.2, -0.15) is 0 Å². The van der Waals surface area contributed by atoms with Gasteiger partial charge in [-0.3, -0.25) is 4.79 Å². The van der Waals surface area contributed by atoms with Gasteiger partial charge in [-0.05, 0) is 12.2 Å². The zero-order valence-electron chi connectivity index (χ0n) is 4.98. The summed E-state index contributed by atoms with van der Waals surface area (Å²) in [6, 6.07) is -0.551. The van der Waals surface area contributed by atoms with Gasteiger partial charge >= 0.3 is 5.97 Å². The number of hydrogen-bond donors (Lipinski definition) is 1. The number of isothiocyanates is 1. The van der Waals surface area contributed by atoms with E-state index in [2.05, 4.69) is 27.1 Å². The van der Waals surface area contributed by atoms with Gasteiger partial charge in [0.2, 0.25) is 6.29 Å². The lowest BCUT2D eigenvalue weighted by molar-refractivity contribution is -0.154. The van der Waals surface area contributed by atoms with Gasteiger partial charge in [-0.25, -0.2) is 4.99 Å². The first-order chi connectivity index (χ1) is 4.74. The van der Waals surface area contributed by atoms with Crippen LogP contribution in [0.5, 0.6) is 0 Å². The Kier molecular flexibility index (Phi) is 2.11. The van der Waals surface area contributed by atoms with Crippen molar-refractivity contribution in [2.24, 2.45) is 4.99 Å². The van der Waals surface area contributed by atoms with E-state index in [0.717, 1.165) is 0 Å². The van der Waals surface area contributed by atoms with Gasteiger partial charge in [-0.1, -0.05) is 0 Å². The Morgan fingerprint density at radius 1 is 1.90 bits per heavy atom. The Morgan fingerprint density at radius 2 is 2.60 bits per heavy atom. The summed E-state index contributed by atoms with van der Waals surface area (Å²) >= 11 is 4.29. The topological polar surface area (TPSA) is 58.9 Å². The van der Waals surface area contributed by atoms with E-state index in [9.17, 15) is 4.79 Å². The van der Waals surface area contributed by atoms with Crippen molar-refractivity contribution in [1.29, 1.82) is 0 Å². The molecule has 2 unspecified atom stereocenters. The van der Waals surface area contributed by atoms with Crippen LogP contribution in [0.1, 0.15) is 6.42 Å². The van der Waals surface area contributed by atoms with Crippen LogP contribution in [0.4, 0.5) is 0 Å². The summed E-state index contributed by atoms with van der Waals surface area (Å²) in [7, 11) is 0. The van der Waals surface area contributed by atoms with Crippen molar-refractivity contribution in [3.63, 3.8) is 0 Å². The van der Waals surface area contributed by atoms with Crippen LogP contribution in [0, 0.1) is 0 Å². The van der Waals surface area contributed by atoms with Gasteiger partial charge in [0.15, 0.2) is 0 Å². The Labute approximate surface area is 62.5 Å². The van der Waals surface area contributed by atoms with E-state index >= 15 is 0 Å². The number of ether oxygens (including phenoxy) is 1. The fraction of sp³-hybridized carbons (Fsp3) is 0.600. The highest BCUT2D eigenvalue weighted by atomic mass is 32.1. The first-order valence-corrected chi connectivity index (χ1v) is 3.09. The van der Waals surface area contributed by atoms with E-state index < -0.39 is 18.3 Å². The smallest absolute Gasteiger partial charge is 0.310 e. The first kappa shape index (κ1) is 7.34. The largest absolute Gasteiger partial charge is 0.433 e. The molecule has 0 aromatic carbocycles. The standard InChI is InChI=1S/C5H5NO3S/c7-4-1-3(6-2-10)5(8)9-4/h3,5,8H,1H2. The number of carbonyl (C=O) groups excluding carboxylic acids is 1. The molecule has 2 atom stereocenters. The molecule has 1 rings (SSSR count). The van der Waals surface area contributed by atoms with Crippen LogP contribution < -0.4 is 0 Å². The van der Waals surface area contributed by atoms with Crippen molar-refractivity contribution in [2.75, 3.05) is 0 Å². The van der Waals surface area contributed by atoms with Crippen molar-refractivity contribution in [3.8, 4) is 0 Å². The number of thiocarbonyl (C=S) groups is 1. The molecule has 1 N–H and O–H groups in total. The molecule has 1 fully saturated rings. The van der Waals surface area contributed by atoms with Gasteiger partial charge < -0.3 is 9.84 Å². The van der Waals surface area contributed by atoms with E-state index in [0.29, 0.717) is 0 Å². The van der Waals surface area contributed by atoms with Crippen molar-refractivity contribution in [3.05, 3.63) is 0 Å². The first-order valence-electron chi connectivity index (χ1n) is 2.68. The molecule has 0 aliphatic carbocycles. The van der Waals surface area contributed by atoms with Gasteiger partial charge in [0, 0.05) is 0 Å². The van der Waals surface area contributed by atoms with E-state index in [4.69, 9.17) is 5.11 Å². The normalized spacial score (nSPS) is 31.1. The fourth-order valence-corrected chi connectivity index (χ4v) is 0.845. The quantitative estimate of drug-likeness (QED) is 0.325. The monoisotopic (exact) mass is 159 g/mol. The molecule has 4 nitrogen and oxygen atoms in total. The van der Waals surface area contributed by atoms with Gasteiger partial charge in [0.25, 0.3) is 0 Å². The third-order valence-corrected chi connectivity index (χ3v) is 1.28. The average molecular weight is 159 g/mol.